The molecule has 0 aliphatic carbocycles. The van der Waals surface area contributed by atoms with Gasteiger partial charge in [-0.3, -0.25) is 0 Å². The second-order valence-corrected chi connectivity index (χ2v) is 5.51. The van der Waals surface area contributed by atoms with E-state index in [1.54, 1.807) is 0 Å². The topological polar surface area (TPSA) is 15.3 Å². The molecule has 0 aromatic heterocycles. The summed E-state index contributed by atoms with van der Waals surface area (Å²) in [6.45, 7) is 0.941. The maximum atomic E-state index is 6.07. The van der Waals surface area contributed by atoms with Crippen molar-refractivity contribution in [1.82, 2.24) is 0 Å². The molecule has 0 unspecified atom stereocenters. The minimum absolute atomic E-state index is 0.765. The Bertz CT molecular complexity index is 538. The number of rotatable bonds is 6. The molecule has 0 amide bonds. The first-order valence-corrected chi connectivity index (χ1v) is 7.29. The van der Waals surface area contributed by atoms with E-state index in [0.717, 1.165) is 35.8 Å². The fourth-order valence-electron chi connectivity index (χ4n) is 2.20. The number of anilines is 2. The molecule has 0 spiro atoms. The van der Waals surface area contributed by atoms with Crippen LogP contribution in [-0.2, 0) is 6.42 Å². The zero-order valence-corrected chi connectivity index (χ0v) is 12.8. The van der Waals surface area contributed by atoms with Crippen molar-refractivity contribution in [3.63, 3.8) is 0 Å². The van der Waals surface area contributed by atoms with Crippen molar-refractivity contribution < 1.29 is 0 Å². The second kappa shape index (κ2) is 7.20. The summed E-state index contributed by atoms with van der Waals surface area (Å²) < 4.78 is 0. The highest BCUT2D eigenvalue weighted by Gasteiger charge is 2.04. The first-order chi connectivity index (χ1) is 9.66. The first kappa shape index (κ1) is 14.7. The van der Waals surface area contributed by atoms with Crippen molar-refractivity contribution in [1.29, 1.82) is 0 Å². The van der Waals surface area contributed by atoms with Crippen molar-refractivity contribution in [3.05, 3.63) is 59.1 Å². The molecule has 0 aliphatic rings. The summed E-state index contributed by atoms with van der Waals surface area (Å²) in [6, 6.07) is 16.5. The molecule has 2 aromatic carbocycles. The van der Waals surface area contributed by atoms with Crippen LogP contribution in [0.15, 0.2) is 48.5 Å². The lowest BCUT2D eigenvalue weighted by Gasteiger charge is -2.18. The zero-order chi connectivity index (χ0) is 14.4. The fraction of sp³-hybridized carbons (Fsp3) is 0.294. The Hall–Kier alpha value is -1.67. The number of nitrogens with one attached hydrogen (secondary N) is 1. The van der Waals surface area contributed by atoms with Gasteiger partial charge in [0.05, 0.1) is 11.4 Å². The molecule has 20 heavy (non-hydrogen) atoms. The molecule has 106 valence electrons. The average molecular weight is 289 g/mol. The van der Waals surface area contributed by atoms with Crippen LogP contribution in [0.1, 0.15) is 12.0 Å². The van der Waals surface area contributed by atoms with Crippen molar-refractivity contribution >= 4 is 23.0 Å². The van der Waals surface area contributed by atoms with E-state index in [2.05, 4.69) is 40.5 Å². The summed E-state index contributed by atoms with van der Waals surface area (Å²) in [4.78, 5) is 2.09. The van der Waals surface area contributed by atoms with Crippen LogP contribution < -0.4 is 10.2 Å². The van der Waals surface area contributed by atoms with Gasteiger partial charge in [-0.25, -0.2) is 0 Å². The van der Waals surface area contributed by atoms with Crippen LogP contribution >= 0.6 is 11.6 Å². The van der Waals surface area contributed by atoms with Crippen molar-refractivity contribution in [3.8, 4) is 0 Å². The van der Waals surface area contributed by atoms with Crippen LogP contribution in [0.4, 0.5) is 11.4 Å². The Kier molecular flexibility index (Phi) is 5.31. The van der Waals surface area contributed by atoms with E-state index in [1.165, 1.54) is 5.56 Å². The third kappa shape index (κ3) is 4.17. The van der Waals surface area contributed by atoms with Crippen LogP contribution in [0.2, 0.25) is 5.02 Å². The minimum atomic E-state index is 0.765. The fourth-order valence-corrected chi connectivity index (χ4v) is 2.37. The van der Waals surface area contributed by atoms with E-state index >= 15 is 0 Å². The number of halogens is 1. The van der Waals surface area contributed by atoms with Gasteiger partial charge < -0.3 is 10.2 Å². The summed E-state index contributed by atoms with van der Waals surface area (Å²) in [5.74, 6) is 0. The molecule has 1 N–H and O–H groups in total. The Morgan fingerprint density at radius 3 is 2.50 bits per heavy atom. The van der Waals surface area contributed by atoms with Crippen LogP contribution in [0.5, 0.6) is 0 Å². The third-order valence-electron chi connectivity index (χ3n) is 3.24. The molecule has 3 heteroatoms. The van der Waals surface area contributed by atoms with Crippen LogP contribution in [-0.4, -0.2) is 20.6 Å². The molecule has 2 nitrogen and oxygen atoms in total. The average Bonchev–Trinajstić information content (AvgIpc) is 2.44. The number of nitrogens with zero attached hydrogens (tertiary/aromatic N) is 1. The molecular weight excluding hydrogens is 268 g/mol. The second-order valence-electron chi connectivity index (χ2n) is 5.07. The van der Waals surface area contributed by atoms with Gasteiger partial charge in [0.25, 0.3) is 0 Å². The van der Waals surface area contributed by atoms with E-state index in [-0.39, 0.29) is 0 Å². The lowest BCUT2D eigenvalue weighted by molar-refractivity contribution is 0.862. The number of hydrogen-bond donors (Lipinski definition) is 1. The number of benzene rings is 2. The monoisotopic (exact) mass is 288 g/mol. The minimum Gasteiger partial charge on any atom is -0.383 e. The Labute approximate surface area is 126 Å². The summed E-state index contributed by atoms with van der Waals surface area (Å²) in [5.41, 5.74) is 3.64. The number of aryl methyl sites for hydroxylation is 1. The van der Waals surface area contributed by atoms with Crippen LogP contribution in [0.25, 0.3) is 0 Å². The molecular formula is C17H21ClN2. The molecule has 2 rings (SSSR count). The van der Waals surface area contributed by atoms with Gasteiger partial charge in [-0.2, -0.15) is 0 Å². The third-order valence-corrected chi connectivity index (χ3v) is 3.48. The van der Waals surface area contributed by atoms with Gasteiger partial charge in [0.1, 0.15) is 0 Å². The summed E-state index contributed by atoms with van der Waals surface area (Å²) in [5, 5.41) is 4.24. The maximum Gasteiger partial charge on any atom is 0.0597 e. The Morgan fingerprint density at radius 1 is 1.05 bits per heavy atom. The van der Waals surface area contributed by atoms with Gasteiger partial charge >= 0.3 is 0 Å². The highest BCUT2D eigenvalue weighted by molar-refractivity contribution is 6.31. The predicted octanol–water partition coefficient (Wildman–Crippen LogP) is 4.45. The van der Waals surface area contributed by atoms with E-state index < -0.39 is 0 Å². The van der Waals surface area contributed by atoms with E-state index in [4.69, 9.17) is 11.6 Å². The molecule has 0 heterocycles. The molecule has 0 atom stereocenters. The van der Waals surface area contributed by atoms with Gasteiger partial charge in [-0.15, -0.1) is 0 Å². The smallest absolute Gasteiger partial charge is 0.0597 e. The largest absolute Gasteiger partial charge is 0.383 e. The highest BCUT2D eigenvalue weighted by atomic mass is 35.5. The standard InChI is InChI=1S/C17H21ClN2/c1-20(2)17-11-10-15(18)13-16(17)19-12-6-9-14-7-4-3-5-8-14/h3-5,7-8,10-11,13,19H,6,9,12H2,1-2H3. The van der Waals surface area contributed by atoms with E-state index in [9.17, 15) is 0 Å². The van der Waals surface area contributed by atoms with Gasteiger partial charge in [-0.1, -0.05) is 41.9 Å². The van der Waals surface area contributed by atoms with Crippen molar-refractivity contribution in [2.45, 2.75) is 12.8 Å². The van der Waals surface area contributed by atoms with Crippen LogP contribution in [0, 0.1) is 0 Å². The quantitative estimate of drug-likeness (QED) is 0.790. The van der Waals surface area contributed by atoms with Crippen molar-refractivity contribution in [2.75, 3.05) is 30.9 Å². The summed E-state index contributed by atoms with van der Waals surface area (Å²) in [6.07, 6.45) is 2.19. The van der Waals surface area contributed by atoms with Gasteiger partial charge in [0, 0.05) is 25.7 Å². The molecule has 0 saturated carbocycles. The summed E-state index contributed by atoms with van der Waals surface area (Å²) in [7, 11) is 4.08. The number of hydrogen-bond acceptors (Lipinski definition) is 2. The molecule has 0 aliphatic heterocycles. The molecule has 0 saturated heterocycles. The Balaban J connectivity index is 1.89. The molecule has 0 radical (unpaired) electrons. The maximum absolute atomic E-state index is 6.07. The van der Waals surface area contributed by atoms with Crippen LogP contribution in [0.3, 0.4) is 0 Å². The highest BCUT2D eigenvalue weighted by Crippen LogP contribution is 2.27. The van der Waals surface area contributed by atoms with Gasteiger partial charge in [0.15, 0.2) is 0 Å². The van der Waals surface area contributed by atoms with Crippen molar-refractivity contribution in [2.24, 2.45) is 0 Å². The Morgan fingerprint density at radius 2 is 1.80 bits per heavy atom. The zero-order valence-electron chi connectivity index (χ0n) is 12.1. The molecule has 2 aromatic rings. The molecule has 0 bridgehead atoms. The van der Waals surface area contributed by atoms with Gasteiger partial charge in [0.2, 0.25) is 0 Å². The lowest BCUT2D eigenvalue weighted by atomic mass is 10.1. The SMILES string of the molecule is CN(C)c1ccc(Cl)cc1NCCCc1ccccc1. The first-order valence-electron chi connectivity index (χ1n) is 6.91. The normalized spacial score (nSPS) is 10.3. The molecule has 0 fully saturated rings. The van der Waals surface area contributed by atoms with E-state index in [1.807, 2.05) is 32.3 Å². The lowest BCUT2D eigenvalue weighted by Crippen LogP contribution is -2.13. The van der Waals surface area contributed by atoms with E-state index in [0.29, 0.717) is 0 Å². The van der Waals surface area contributed by atoms with Gasteiger partial charge in [-0.05, 0) is 36.6 Å². The predicted molar refractivity (Wildman–Crippen MR) is 89.0 cm³/mol. The summed E-state index contributed by atoms with van der Waals surface area (Å²) >= 11 is 6.07.